The van der Waals surface area contributed by atoms with Crippen LogP contribution in [0.4, 0.5) is 13.2 Å². The summed E-state index contributed by atoms with van der Waals surface area (Å²) in [5.74, 6) is -1.88. The second kappa shape index (κ2) is 12.5. The van der Waals surface area contributed by atoms with Crippen molar-refractivity contribution < 1.29 is 13.2 Å². The number of hydrogen-bond donors (Lipinski definition) is 0. The van der Waals surface area contributed by atoms with Gasteiger partial charge in [-0.25, -0.2) is 13.2 Å². The van der Waals surface area contributed by atoms with Gasteiger partial charge in [-0.05, 0) is 97.4 Å². The Labute approximate surface area is 210 Å². The Morgan fingerprint density at radius 1 is 0.771 bits per heavy atom. The third kappa shape index (κ3) is 6.71. The van der Waals surface area contributed by atoms with E-state index >= 15 is 0 Å². The van der Waals surface area contributed by atoms with Crippen LogP contribution in [0.25, 0.3) is 11.1 Å². The molecule has 2 fully saturated rings. The monoisotopic (exact) mass is 484 g/mol. The predicted octanol–water partition coefficient (Wildman–Crippen LogP) is 10.4. The van der Waals surface area contributed by atoms with Crippen LogP contribution in [0, 0.1) is 34.7 Å². The quantitative estimate of drug-likeness (QED) is 0.232. The number of halogens is 3. The Bertz CT molecular complexity index is 895. The largest absolute Gasteiger partial charge is 0.204 e. The second-order valence-corrected chi connectivity index (χ2v) is 11.4. The van der Waals surface area contributed by atoms with Crippen LogP contribution in [0.5, 0.6) is 0 Å². The van der Waals surface area contributed by atoms with Crippen LogP contribution in [-0.4, -0.2) is 0 Å². The van der Waals surface area contributed by atoms with Crippen LogP contribution in [0.2, 0.25) is 0 Å². The van der Waals surface area contributed by atoms with Gasteiger partial charge in [-0.2, -0.15) is 0 Å². The van der Waals surface area contributed by atoms with Gasteiger partial charge in [0.05, 0.1) is 0 Å². The highest BCUT2D eigenvalue weighted by molar-refractivity contribution is 5.63. The van der Waals surface area contributed by atoms with E-state index < -0.39 is 17.5 Å². The highest BCUT2D eigenvalue weighted by Gasteiger charge is 2.41. The number of unbranched alkanes of at least 4 members (excludes halogenated alkanes) is 3. The van der Waals surface area contributed by atoms with Crippen molar-refractivity contribution in [2.45, 2.75) is 110 Å². The highest BCUT2D eigenvalue weighted by Crippen LogP contribution is 2.52. The molecule has 2 saturated carbocycles. The lowest BCUT2D eigenvalue weighted by Gasteiger charge is -2.48. The van der Waals surface area contributed by atoms with Crippen LogP contribution >= 0.6 is 0 Å². The molecule has 0 amide bonds. The molecule has 0 atom stereocenters. The number of aryl methyl sites for hydroxylation is 1. The van der Waals surface area contributed by atoms with Gasteiger partial charge in [0.25, 0.3) is 0 Å². The molecule has 192 valence electrons. The van der Waals surface area contributed by atoms with E-state index in [0.29, 0.717) is 11.0 Å². The van der Waals surface area contributed by atoms with Crippen molar-refractivity contribution in [3.63, 3.8) is 0 Å². The van der Waals surface area contributed by atoms with Crippen molar-refractivity contribution in [1.29, 1.82) is 0 Å². The summed E-state index contributed by atoms with van der Waals surface area (Å²) in [6.07, 6.45) is 21.8. The minimum atomic E-state index is -1.41. The van der Waals surface area contributed by atoms with Gasteiger partial charge in [-0.3, -0.25) is 0 Å². The van der Waals surface area contributed by atoms with E-state index in [1.54, 1.807) is 0 Å². The SMILES string of the molecule is CCCCCC[C@H]1CC[C@](CCc2ccc(-c3cc(F)c(F)c(F)c3)cc2)(C2CCCCC2)CC1. The maximum Gasteiger partial charge on any atom is 0.194 e. The fourth-order valence-electron chi connectivity index (χ4n) is 6.96. The molecule has 0 unspecified atom stereocenters. The Hall–Kier alpha value is -1.77. The summed E-state index contributed by atoms with van der Waals surface area (Å²) in [4.78, 5) is 0. The first-order valence-corrected chi connectivity index (χ1v) is 14.2. The molecular formula is C32H43F3. The van der Waals surface area contributed by atoms with Crippen molar-refractivity contribution in [2.75, 3.05) is 0 Å². The van der Waals surface area contributed by atoms with Crippen LogP contribution in [0.15, 0.2) is 36.4 Å². The van der Waals surface area contributed by atoms with E-state index in [9.17, 15) is 13.2 Å². The molecule has 3 heteroatoms. The van der Waals surface area contributed by atoms with Gasteiger partial charge in [0.1, 0.15) is 0 Å². The summed E-state index contributed by atoms with van der Waals surface area (Å²) in [6, 6.07) is 10.2. The summed E-state index contributed by atoms with van der Waals surface area (Å²) in [5, 5.41) is 0. The van der Waals surface area contributed by atoms with Crippen LogP contribution in [0.3, 0.4) is 0 Å². The van der Waals surface area contributed by atoms with E-state index in [4.69, 9.17) is 0 Å². The molecule has 0 spiro atoms. The van der Waals surface area contributed by atoms with E-state index in [1.807, 2.05) is 12.1 Å². The topological polar surface area (TPSA) is 0 Å². The molecule has 2 aliphatic rings. The zero-order valence-corrected chi connectivity index (χ0v) is 21.6. The molecule has 0 N–H and O–H groups in total. The van der Waals surface area contributed by atoms with Gasteiger partial charge in [0.15, 0.2) is 17.5 Å². The minimum absolute atomic E-state index is 0.379. The van der Waals surface area contributed by atoms with Gasteiger partial charge in [-0.15, -0.1) is 0 Å². The summed E-state index contributed by atoms with van der Waals surface area (Å²) < 4.78 is 40.7. The lowest BCUT2D eigenvalue weighted by molar-refractivity contribution is 0.0379. The molecule has 2 aromatic rings. The molecule has 0 radical (unpaired) electrons. The molecule has 35 heavy (non-hydrogen) atoms. The van der Waals surface area contributed by atoms with E-state index in [0.717, 1.165) is 36.0 Å². The molecule has 0 saturated heterocycles. The summed E-state index contributed by atoms with van der Waals surface area (Å²) in [7, 11) is 0. The molecule has 0 heterocycles. The van der Waals surface area contributed by atoms with Crippen molar-refractivity contribution in [3.05, 3.63) is 59.4 Å². The zero-order chi connectivity index (χ0) is 24.7. The van der Waals surface area contributed by atoms with Gasteiger partial charge >= 0.3 is 0 Å². The summed E-state index contributed by atoms with van der Waals surface area (Å²) in [6.45, 7) is 2.29. The van der Waals surface area contributed by atoms with Crippen molar-refractivity contribution in [1.82, 2.24) is 0 Å². The summed E-state index contributed by atoms with van der Waals surface area (Å²) in [5.41, 5.74) is 2.87. The molecular weight excluding hydrogens is 441 g/mol. The zero-order valence-electron chi connectivity index (χ0n) is 21.6. The van der Waals surface area contributed by atoms with Gasteiger partial charge in [0.2, 0.25) is 0 Å². The fraction of sp³-hybridized carbons (Fsp3) is 0.625. The lowest BCUT2D eigenvalue weighted by atomic mass is 9.58. The van der Waals surface area contributed by atoms with Crippen molar-refractivity contribution >= 4 is 0 Å². The molecule has 4 rings (SSSR count). The van der Waals surface area contributed by atoms with Crippen LogP contribution in [-0.2, 0) is 6.42 Å². The maximum absolute atomic E-state index is 13.7. The third-order valence-electron chi connectivity index (χ3n) is 9.22. The minimum Gasteiger partial charge on any atom is -0.204 e. The molecule has 0 aliphatic heterocycles. The molecule has 2 aliphatic carbocycles. The Morgan fingerprint density at radius 3 is 2.06 bits per heavy atom. The predicted molar refractivity (Wildman–Crippen MR) is 140 cm³/mol. The Balaban J connectivity index is 1.39. The Morgan fingerprint density at radius 2 is 1.43 bits per heavy atom. The second-order valence-electron chi connectivity index (χ2n) is 11.4. The molecule has 2 aromatic carbocycles. The highest BCUT2D eigenvalue weighted by atomic mass is 19.2. The first-order valence-electron chi connectivity index (χ1n) is 14.2. The van der Waals surface area contributed by atoms with Gasteiger partial charge < -0.3 is 0 Å². The molecule has 0 bridgehead atoms. The van der Waals surface area contributed by atoms with Crippen LogP contribution < -0.4 is 0 Å². The van der Waals surface area contributed by atoms with E-state index in [2.05, 4.69) is 19.1 Å². The normalized spacial score (nSPS) is 23.5. The van der Waals surface area contributed by atoms with Gasteiger partial charge in [0, 0.05) is 0 Å². The van der Waals surface area contributed by atoms with E-state index in [1.165, 1.54) is 102 Å². The molecule has 0 nitrogen and oxygen atoms in total. The first kappa shape index (κ1) is 26.3. The van der Waals surface area contributed by atoms with Crippen molar-refractivity contribution in [2.24, 2.45) is 17.3 Å². The standard InChI is InChI=1S/C32H43F3/c1-2-3-4-6-9-24-16-19-32(20-17-24,28-10-7-5-8-11-28)21-18-25-12-14-26(15-13-25)27-22-29(33)31(35)30(34)23-27/h12-15,22-24,28H,2-11,16-21H2,1H3/t24-,32-. The number of hydrogen-bond acceptors (Lipinski definition) is 0. The molecule has 0 aromatic heterocycles. The van der Waals surface area contributed by atoms with E-state index in [-0.39, 0.29) is 0 Å². The number of benzene rings is 2. The van der Waals surface area contributed by atoms with Gasteiger partial charge in [-0.1, -0.05) is 82.6 Å². The van der Waals surface area contributed by atoms with Crippen molar-refractivity contribution in [3.8, 4) is 11.1 Å². The average Bonchev–Trinajstić information content (AvgIpc) is 2.90. The lowest BCUT2D eigenvalue weighted by Crippen LogP contribution is -2.36. The average molecular weight is 485 g/mol. The maximum atomic E-state index is 13.7. The summed E-state index contributed by atoms with van der Waals surface area (Å²) >= 11 is 0. The smallest absolute Gasteiger partial charge is 0.194 e. The number of rotatable bonds is 10. The Kier molecular flexibility index (Phi) is 9.36. The third-order valence-corrected chi connectivity index (χ3v) is 9.22. The first-order chi connectivity index (χ1) is 17.0. The van der Waals surface area contributed by atoms with Crippen LogP contribution in [0.1, 0.15) is 109 Å². The fourth-order valence-corrected chi connectivity index (χ4v) is 6.96.